The van der Waals surface area contributed by atoms with Gasteiger partial charge >= 0.3 is 5.63 Å². The minimum atomic E-state index is -3.79. The third-order valence-electron chi connectivity index (χ3n) is 3.73. The number of benzene rings is 2. The molecular weight excluding hydrogens is 372 g/mol. The molecule has 2 aromatic carbocycles. The number of nitrogens with two attached hydrogens (primary N) is 1. The van der Waals surface area contributed by atoms with E-state index in [1.54, 1.807) is 25.1 Å². The molecule has 0 saturated carbocycles. The fourth-order valence-corrected chi connectivity index (χ4v) is 2.86. The molecule has 3 N–H and O–H groups in total. The zero-order chi connectivity index (χ0) is 19.6. The summed E-state index contributed by atoms with van der Waals surface area (Å²) in [5.74, 6) is -0.0722. The lowest BCUT2D eigenvalue weighted by Crippen LogP contribution is -2.30. The van der Waals surface area contributed by atoms with Crippen molar-refractivity contribution in [3.05, 3.63) is 65.0 Å². The van der Waals surface area contributed by atoms with E-state index in [-0.39, 0.29) is 4.90 Å². The van der Waals surface area contributed by atoms with Crippen molar-refractivity contribution in [3.63, 3.8) is 0 Å². The summed E-state index contributed by atoms with van der Waals surface area (Å²) in [7, 11) is -3.79. The van der Waals surface area contributed by atoms with Gasteiger partial charge in [0.15, 0.2) is 6.10 Å². The number of primary sulfonamides is 1. The Hall–Kier alpha value is -3.17. The molecule has 3 aromatic rings. The highest BCUT2D eigenvalue weighted by atomic mass is 32.2. The van der Waals surface area contributed by atoms with E-state index in [9.17, 15) is 18.0 Å². The minimum Gasteiger partial charge on any atom is -0.481 e. The summed E-state index contributed by atoms with van der Waals surface area (Å²) >= 11 is 0. The monoisotopic (exact) mass is 388 g/mol. The number of nitrogens with one attached hydrogen (secondary N) is 1. The van der Waals surface area contributed by atoms with Gasteiger partial charge < -0.3 is 14.5 Å². The van der Waals surface area contributed by atoms with E-state index in [2.05, 4.69) is 5.32 Å². The molecule has 27 heavy (non-hydrogen) atoms. The predicted octanol–water partition coefficient (Wildman–Crippen LogP) is 1.85. The van der Waals surface area contributed by atoms with Crippen LogP contribution in [-0.2, 0) is 14.8 Å². The number of fused-ring (bicyclic) bond motifs is 1. The van der Waals surface area contributed by atoms with Gasteiger partial charge in [-0.2, -0.15) is 0 Å². The van der Waals surface area contributed by atoms with Crippen LogP contribution in [0.3, 0.4) is 0 Å². The number of carbonyl (C=O) groups excluding carboxylic acids is 1. The van der Waals surface area contributed by atoms with Crippen LogP contribution in [0.2, 0.25) is 0 Å². The first-order chi connectivity index (χ1) is 12.7. The maximum atomic E-state index is 12.3. The first-order valence-electron chi connectivity index (χ1n) is 7.87. The van der Waals surface area contributed by atoms with Crippen molar-refractivity contribution in [2.45, 2.75) is 17.9 Å². The van der Waals surface area contributed by atoms with Gasteiger partial charge in [-0.1, -0.05) is 0 Å². The first-order valence-corrected chi connectivity index (χ1v) is 9.41. The van der Waals surface area contributed by atoms with Crippen LogP contribution in [-0.4, -0.2) is 20.4 Å². The molecule has 0 unspecified atom stereocenters. The Balaban J connectivity index is 1.69. The highest BCUT2D eigenvalue weighted by Crippen LogP contribution is 2.21. The van der Waals surface area contributed by atoms with Crippen LogP contribution in [0.5, 0.6) is 5.75 Å². The molecule has 0 aliphatic carbocycles. The summed E-state index contributed by atoms with van der Waals surface area (Å²) in [6.07, 6.45) is -0.851. The van der Waals surface area contributed by atoms with Crippen molar-refractivity contribution in [3.8, 4) is 5.75 Å². The largest absolute Gasteiger partial charge is 0.481 e. The zero-order valence-electron chi connectivity index (χ0n) is 14.2. The van der Waals surface area contributed by atoms with Crippen LogP contribution >= 0.6 is 0 Å². The van der Waals surface area contributed by atoms with E-state index < -0.39 is 27.7 Å². The molecule has 1 aromatic heterocycles. The van der Waals surface area contributed by atoms with Crippen LogP contribution in [0.25, 0.3) is 11.0 Å². The predicted molar refractivity (Wildman–Crippen MR) is 99.0 cm³/mol. The first kappa shape index (κ1) is 18.6. The van der Waals surface area contributed by atoms with Gasteiger partial charge in [0, 0.05) is 23.2 Å². The lowest BCUT2D eigenvalue weighted by Gasteiger charge is -2.15. The quantitative estimate of drug-likeness (QED) is 0.642. The van der Waals surface area contributed by atoms with Gasteiger partial charge in [-0.15, -0.1) is 0 Å². The summed E-state index contributed by atoms with van der Waals surface area (Å²) in [6, 6.07) is 13.3. The highest BCUT2D eigenvalue weighted by Gasteiger charge is 2.16. The number of hydrogen-bond donors (Lipinski definition) is 2. The minimum absolute atomic E-state index is 0.0533. The number of anilines is 1. The summed E-state index contributed by atoms with van der Waals surface area (Å²) < 4.78 is 33.1. The Kier molecular flexibility index (Phi) is 4.98. The van der Waals surface area contributed by atoms with Gasteiger partial charge in [0.1, 0.15) is 11.3 Å². The lowest BCUT2D eigenvalue weighted by atomic mass is 10.2. The Morgan fingerprint density at radius 1 is 1.11 bits per heavy atom. The molecule has 1 amide bonds. The van der Waals surface area contributed by atoms with Crippen molar-refractivity contribution >= 4 is 32.6 Å². The molecule has 1 atom stereocenters. The van der Waals surface area contributed by atoms with Crippen molar-refractivity contribution in [1.29, 1.82) is 0 Å². The topological polar surface area (TPSA) is 129 Å². The molecule has 8 nitrogen and oxygen atoms in total. The fourth-order valence-electron chi connectivity index (χ4n) is 2.34. The molecule has 0 aliphatic heterocycles. The summed E-state index contributed by atoms with van der Waals surface area (Å²) in [4.78, 5) is 23.5. The Bertz CT molecular complexity index is 1150. The number of ether oxygens (including phenoxy) is 1. The van der Waals surface area contributed by atoms with E-state index in [1.165, 1.54) is 36.4 Å². The molecule has 0 radical (unpaired) electrons. The summed E-state index contributed by atoms with van der Waals surface area (Å²) in [6.45, 7) is 1.55. The van der Waals surface area contributed by atoms with Crippen molar-refractivity contribution < 1.29 is 22.4 Å². The van der Waals surface area contributed by atoms with Gasteiger partial charge in [-0.05, 0) is 49.4 Å². The maximum Gasteiger partial charge on any atom is 0.336 e. The molecule has 9 heteroatoms. The normalized spacial score (nSPS) is 12.5. The molecule has 1 heterocycles. The van der Waals surface area contributed by atoms with Crippen LogP contribution in [0.1, 0.15) is 6.92 Å². The average molecular weight is 388 g/mol. The second-order valence-corrected chi connectivity index (χ2v) is 7.33. The number of amides is 1. The summed E-state index contributed by atoms with van der Waals surface area (Å²) in [5.41, 5.74) is 0.270. The second kappa shape index (κ2) is 7.22. The van der Waals surface area contributed by atoms with Gasteiger partial charge in [-0.25, -0.2) is 18.4 Å². The number of carbonyl (C=O) groups is 1. The fraction of sp³-hybridized carbons (Fsp3) is 0.111. The number of sulfonamides is 1. The number of rotatable bonds is 5. The third-order valence-corrected chi connectivity index (χ3v) is 4.66. The molecule has 0 saturated heterocycles. The van der Waals surface area contributed by atoms with Crippen LogP contribution < -0.4 is 20.8 Å². The highest BCUT2D eigenvalue weighted by molar-refractivity contribution is 7.89. The van der Waals surface area contributed by atoms with Crippen molar-refractivity contribution in [2.24, 2.45) is 5.14 Å². The van der Waals surface area contributed by atoms with E-state index in [1.807, 2.05) is 0 Å². The van der Waals surface area contributed by atoms with E-state index >= 15 is 0 Å². The molecule has 0 aliphatic rings. The van der Waals surface area contributed by atoms with E-state index in [0.29, 0.717) is 17.0 Å². The van der Waals surface area contributed by atoms with Gasteiger partial charge in [0.25, 0.3) is 5.91 Å². The van der Waals surface area contributed by atoms with E-state index in [4.69, 9.17) is 14.3 Å². The lowest BCUT2D eigenvalue weighted by molar-refractivity contribution is -0.122. The SMILES string of the molecule is C[C@@H](Oc1ccc2ccc(=O)oc2c1)C(=O)Nc1ccc(S(N)(=O)=O)cc1. The smallest absolute Gasteiger partial charge is 0.336 e. The molecule has 0 fully saturated rings. The molecule has 0 spiro atoms. The van der Waals surface area contributed by atoms with Crippen LogP contribution in [0, 0.1) is 0 Å². The average Bonchev–Trinajstić information content (AvgIpc) is 2.61. The zero-order valence-corrected chi connectivity index (χ0v) is 15.0. The second-order valence-electron chi connectivity index (χ2n) is 5.77. The molecule has 140 valence electrons. The molecule has 0 bridgehead atoms. The van der Waals surface area contributed by atoms with Gasteiger partial charge in [-0.3, -0.25) is 4.79 Å². The third kappa shape index (κ3) is 4.52. The van der Waals surface area contributed by atoms with Gasteiger partial charge in [0.05, 0.1) is 4.90 Å². The maximum absolute atomic E-state index is 12.3. The number of hydrogen-bond acceptors (Lipinski definition) is 6. The Morgan fingerprint density at radius 3 is 2.44 bits per heavy atom. The van der Waals surface area contributed by atoms with E-state index in [0.717, 1.165) is 5.39 Å². The van der Waals surface area contributed by atoms with Gasteiger partial charge in [0.2, 0.25) is 10.0 Å². The Morgan fingerprint density at radius 2 is 1.78 bits per heavy atom. The molecule has 3 rings (SSSR count). The van der Waals surface area contributed by atoms with Crippen molar-refractivity contribution in [2.75, 3.05) is 5.32 Å². The van der Waals surface area contributed by atoms with Crippen LogP contribution in [0.4, 0.5) is 5.69 Å². The standard InChI is InChI=1S/C18H16N2O6S/c1-11(18(22)20-13-4-7-15(8-5-13)27(19,23)24)25-14-6-2-12-3-9-17(21)26-16(12)10-14/h2-11H,1H3,(H,20,22)(H2,19,23,24)/t11-/m1/s1. The molecular formula is C18H16N2O6S. The Labute approximate surface area is 154 Å². The summed E-state index contributed by atoms with van der Waals surface area (Å²) in [5, 5.41) is 8.37. The van der Waals surface area contributed by atoms with Crippen LogP contribution in [0.15, 0.2) is 68.7 Å². The van der Waals surface area contributed by atoms with Crippen molar-refractivity contribution in [1.82, 2.24) is 0 Å².